The zero-order valence-electron chi connectivity index (χ0n) is 19.2. The van der Waals surface area contributed by atoms with E-state index in [9.17, 15) is 9.59 Å². The fourth-order valence-corrected chi connectivity index (χ4v) is 6.08. The number of nitrogens with two attached hydrogens (primary N) is 1. The molecule has 2 unspecified atom stereocenters. The number of carbonyl (C=O) groups excluding carboxylic acids is 2. The number of benzene rings is 3. The van der Waals surface area contributed by atoms with Crippen molar-refractivity contribution in [1.82, 2.24) is 4.90 Å². The van der Waals surface area contributed by atoms with Crippen molar-refractivity contribution in [2.75, 3.05) is 13.1 Å². The van der Waals surface area contributed by atoms with Crippen molar-refractivity contribution in [3.63, 3.8) is 0 Å². The van der Waals surface area contributed by atoms with Gasteiger partial charge in [-0.2, -0.15) is 0 Å². The summed E-state index contributed by atoms with van der Waals surface area (Å²) < 4.78 is 0. The molecular formula is C29H31ClN2O2. The van der Waals surface area contributed by atoms with Gasteiger partial charge in [0.1, 0.15) is 5.78 Å². The Morgan fingerprint density at radius 2 is 1.41 bits per heavy atom. The maximum absolute atomic E-state index is 13.4. The second-order valence-corrected chi connectivity index (χ2v) is 9.33. The van der Waals surface area contributed by atoms with E-state index in [0.29, 0.717) is 38.3 Å². The molecule has 4 nitrogen and oxygen atoms in total. The van der Waals surface area contributed by atoms with E-state index in [0.717, 1.165) is 17.5 Å². The van der Waals surface area contributed by atoms with Gasteiger partial charge in [0.05, 0.1) is 6.42 Å². The lowest BCUT2D eigenvalue weighted by atomic mass is 9.56. The quantitative estimate of drug-likeness (QED) is 0.590. The van der Waals surface area contributed by atoms with Crippen LogP contribution in [-0.2, 0) is 28.0 Å². The van der Waals surface area contributed by atoms with Gasteiger partial charge in [0, 0.05) is 43.3 Å². The largest absolute Gasteiger partial charge is 0.341 e. The summed E-state index contributed by atoms with van der Waals surface area (Å²) in [6, 6.07) is 29.0. The highest BCUT2D eigenvalue weighted by Gasteiger charge is 2.55. The molecule has 2 aliphatic rings. The van der Waals surface area contributed by atoms with Gasteiger partial charge in [-0.15, -0.1) is 12.4 Å². The van der Waals surface area contributed by atoms with Crippen LogP contribution < -0.4 is 5.73 Å². The van der Waals surface area contributed by atoms with Gasteiger partial charge in [0.2, 0.25) is 5.91 Å². The first-order chi connectivity index (χ1) is 16.1. The Hall–Kier alpha value is -2.95. The van der Waals surface area contributed by atoms with Crippen LogP contribution in [0.2, 0.25) is 0 Å². The number of halogens is 1. The molecule has 0 bridgehead atoms. The van der Waals surface area contributed by atoms with Crippen LogP contribution in [0, 0.1) is 11.8 Å². The van der Waals surface area contributed by atoms with Crippen LogP contribution in [0.4, 0.5) is 0 Å². The highest BCUT2D eigenvalue weighted by molar-refractivity contribution is 5.86. The molecule has 1 saturated heterocycles. The summed E-state index contributed by atoms with van der Waals surface area (Å²) in [7, 11) is 0. The lowest BCUT2D eigenvalue weighted by Crippen LogP contribution is -2.47. The molecule has 5 rings (SSSR count). The molecule has 1 aliphatic carbocycles. The minimum atomic E-state index is -0.273. The molecule has 3 aromatic rings. The van der Waals surface area contributed by atoms with Gasteiger partial charge < -0.3 is 10.6 Å². The number of nitrogens with zero attached hydrogens (tertiary/aromatic N) is 1. The Labute approximate surface area is 207 Å². The lowest BCUT2D eigenvalue weighted by molar-refractivity contribution is -0.129. The van der Waals surface area contributed by atoms with Crippen LogP contribution in [0.15, 0.2) is 84.9 Å². The summed E-state index contributed by atoms with van der Waals surface area (Å²) in [5.41, 5.74) is 10.1. The number of carbonyl (C=O) groups is 2. The highest BCUT2D eigenvalue weighted by atomic mass is 35.5. The average Bonchev–Trinajstić information content (AvgIpc) is 3.33. The Bertz CT molecular complexity index is 1110. The average molecular weight is 475 g/mol. The molecule has 2 fully saturated rings. The van der Waals surface area contributed by atoms with Crippen molar-refractivity contribution >= 4 is 24.1 Å². The van der Waals surface area contributed by atoms with Crippen molar-refractivity contribution in [2.24, 2.45) is 17.6 Å². The monoisotopic (exact) mass is 474 g/mol. The standard InChI is InChI=1S/C29H30N2O2.ClH/c30-18-22-10-8-7-9-21(22)17-28(33)31-19-25-26(20-31)29(16-15-27(25)32,23-11-3-1-4-12-23)24-13-5-2-6-14-24;/h1-14,25-26H,15-20,30H2;1H. The SMILES string of the molecule is Cl.NCc1ccccc1CC(=O)N1CC2C(=O)CCC(c3ccccc3)(c3ccccc3)C2C1. The molecule has 1 saturated carbocycles. The van der Waals surface area contributed by atoms with Gasteiger partial charge in [-0.3, -0.25) is 9.59 Å². The molecule has 1 heterocycles. The van der Waals surface area contributed by atoms with E-state index in [4.69, 9.17) is 5.73 Å². The first-order valence-corrected chi connectivity index (χ1v) is 11.8. The van der Waals surface area contributed by atoms with E-state index in [2.05, 4.69) is 48.5 Å². The van der Waals surface area contributed by atoms with E-state index in [-0.39, 0.29) is 35.6 Å². The van der Waals surface area contributed by atoms with Crippen molar-refractivity contribution in [3.8, 4) is 0 Å². The summed E-state index contributed by atoms with van der Waals surface area (Å²) >= 11 is 0. The van der Waals surface area contributed by atoms with Crippen LogP contribution in [0.5, 0.6) is 0 Å². The maximum atomic E-state index is 13.4. The summed E-state index contributed by atoms with van der Waals surface area (Å²) in [4.78, 5) is 28.4. The third-order valence-corrected chi connectivity index (χ3v) is 7.74. The summed E-state index contributed by atoms with van der Waals surface area (Å²) in [5, 5.41) is 0. The zero-order chi connectivity index (χ0) is 22.8. The molecular weight excluding hydrogens is 444 g/mol. The highest BCUT2D eigenvalue weighted by Crippen LogP contribution is 2.52. The van der Waals surface area contributed by atoms with Crippen molar-refractivity contribution in [3.05, 3.63) is 107 Å². The summed E-state index contributed by atoms with van der Waals surface area (Å²) in [6.45, 7) is 1.52. The van der Waals surface area contributed by atoms with Crippen LogP contribution in [-0.4, -0.2) is 29.7 Å². The van der Waals surface area contributed by atoms with Gasteiger partial charge in [0.15, 0.2) is 0 Å². The van der Waals surface area contributed by atoms with Crippen LogP contribution in [0.25, 0.3) is 0 Å². The Morgan fingerprint density at radius 1 is 0.853 bits per heavy atom. The van der Waals surface area contributed by atoms with E-state index < -0.39 is 0 Å². The van der Waals surface area contributed by atoms with Crippen LogP contribution in [0.1, 0.15) is 35.1 Å². The summed E-state index contributed by atoms with van der Waals surface area (Å²) in [5.74, 6) is 0.304. The molecule has 0 radical (unpaired) electrons. The van der Waals surface area contributed by atoms with Gasteiger partial charge in [0.25, 0.3) is 0 Å². The Balaban J connectivity index is 0.00000274. The fourth-order valence-electron chi connectivity index (χ4n) is 6.08. The first kappa shape index (κ1) is 24.2. The molecule has 2 atom stereocenters. The second kappa shape index (κ2) is 10.1. The third-order valence-electron chi connectivity index (χ3n) is 7.74. The smallest absolute Gasteiger partial charge is 0.227 e. The predicted molar refractivity (Wildman–Crippen MR) is 137 cm³/mol. The van der Waals surface area contributed by atoms with Gasteiger partial charge in [-0.25, -0.2) is 0 Å². The number of fused-ring (bicyclic) bond motifs is 1. The van der Waals surface area contributed by atoms with E-state index in [1.54, 1.807) is 0 Å². The third kappa shape index (κ3) is 4.17. The number of amides is 1. The van der Waals surface area contributed by atoms with Crippen LogP contribution in [0.3, 0.4) is 0 Å². The molecule has 0 spiro atoms. The number of ketones is 1. The van der Waals surface area contributed by atoms with Gasteiger partial charge in [-0.05, 0) is 28.7 Å². The van der Waals surface area contributed by atoms with E-state index >= 15 is 0 Å². The minimum Gasteiger partial charge on any atom is -0.341 e. The molecule has 2 N–H and O–H groups in total. The van der Waals surface area contributed by atoms with E-state index in [1.165, 1.54) is 11.1 Å². The number of Topliss-reactive ketones (excluding diaryl/α,β-unsaturated/α-hetero) is 1. The van der Waals surface area contributed by atoms with Crippen molar-refractivity contribution in [2.45, 2.75) is 31.2 Å². The Morgan fingerprint density at radius 3 is 2.00 bits per heavy atom. The van der Waals surface area contributed by atoms with Crippen LogP contribution >= 0.6 is 12.4 Å². The topological polar surface area (TPSA) is 63.4 Å². The zero-order valence-corrected chi connectivity index (χ0v) is 20.0. The van der Waals surface area contributed by atoms with E-state index in [1.807, 2.05) is 41.3 Å². The molecule has 0 aromatic heterocycles. The lowest BCUT2D eigenvalue weighted by Gasteiger charge is -2.45. The summed E-state index contributed by atoms with van der Waals surface area (Å²) in [6.07, 6.45) is 1.65. The molecule has 176 valence electrons. The fraction of sp³-hybridized carbons (Fsp3) is 0.310. The molecule has 3 aromatic carbocycles. The maximum Gasteiger partial charge on any atom is 0.227 e. The molecule has 5 heteroatoms. The van der Waals surface area contributed by atoms with Crippen molar-refractivity contribution in [1.29, 1.82) is 0 Å². The number of hydrogen-bond acceptors (Lipinski definition) is 3. The molecule has 34 heavy (non-hydrogen) atoms. The van der Waals surface area contributed by atoms with Crippen molar-refractivity contribution < 1.29 is 9.59 Å². The second-order valence-electron chi connectivity index (χ2n) is 9.33. The van der Waals surface area contributed by atoms with Gasteiger partial charge >= 0.3 is 0 Å². The molecule has 1 amide bonds. The number of rotatable bonds is 5. The minimum absolute atomic E-state index is 0. The first-order valence-electron chi connectivity index (χ1n) is 11.8. The predicted octanol–water partition coefficient (Wildman–Crippen LogP) is 4.53. The molecule has 1 aliphatic heterocycles. The number of hydrogen-bond donors (Lipinski definition) is 1. The normalized spacial score (nSPS) is 21.0. The Kier molecular flexibility index (Phi) is 7.20. The number of likely N-dealkylation sites (tertiary alicyclic amines) is 1. The van der Waals surface area contributed by atoms with Gasteiger partial charge in [-0.1, -0.05) is 84.9 Å².